The Morgan fingerprint density at radius 2 is 1.72 bits per heavy atom. The Bertz CT molecular complexity index is 629. The fraction of sp³-hybridized carbons (Fsp3) is 0.600. The van der Waals surface area contributed by atoms with Crippen LogP contribution in [0.2, 0.25) is 0 Å². The van der Waals surface area contributed by atoms with E-state index in [2.05, 4.69) is 10.2 Å². The Labute approximate surface area is 149 Å². The predicted octanol–water partition coefficient (Wildman–Crippen LogP) is 2.17. The van der Waals surface area contributed by atoms with E-state index >= 15 is 0 Å². The lowest BCUT2D eigenvalue weighted by atomic mass is 10.1. The largest absolute Gasteiger partial charge is 0.349 e. The first-order valence-electron chi connectivity index (χ1n) is 9.61. The van der Waals surface area contributed by atoms with Crippen LogP contribution in [0.5, 0.6) is 0 Å². The molecule has 0 atom stereocenters. The van der Waals surface area contributed by atoms with Crippen LogP contribution in [0.25, 0.3) is 0 Å². The summed E-state index contributed by atoms with van der Waals surface area (Å²) in [5.74, 6) is 0.294. The molecule has 2 amide bonds. The number of hydrogen-bond acceptors (Lipinski definition) is 3. The maximum Gasteiger partial charge on any atom is 0.251 e. The van der Waals surface area contributed by atoms with Crippen LogP contribution in [0.3, 0.4) is 0 Å². The van der Waals surface area contributed by atoms with Crippen LogP contribution in [0.1, 0.15) is 54.4 Å². The van der Waals surface area contributed by atoms with Gasteiger partial charge in [0.15, 0.2) is 0 Å². The Morgan fingerprint density at radius 1 is 1.04 bits per heavy atom. The second-order valence-electron chi connectivity index (χ2n) is 7.67. The standard InChI is InChI=1S/C20H27N3O2/c24-19(22-11-1-2-12-22)14-23(18-9-10-18)13-15-3-5-16(6-4-15)20(25)21-17-7-8-17/h3-6,17-18H,1-2,7-14H2,(H,21,25). The summed E-state index contributed by atoms with van der Waals surface area (Å²) in [5, 5.41) is 3.02. The minimum atomic E-state index is 0.0253. The molecular weight excluding hydrogens is 314 g/mol. The molecule has 2 aliphatic carbocycles. The van der Waals surface area contributed by atoms with Gasteiger partial charge in [0.1, 0.15) is 0 Å². The van der Waals surface area contributed by atoms with Crippen molar-refractivity contribution in [2.75, 3.05) is 19.6 Å². The van der Waals surface area contributed by atoms with Crippen molar-refractivity contribution in [2.24, 2.45) is 0 Å². The summed E-state index contributed by atoms with van der Waals surface area (Å²) in [7, 11) is 0. The Kier molecular flexibility index (Phi) is 4.75. The maximum absolute atomic E-state index is 12.5. The molecular formula is C20H27N3O2. The molecule has 2 saturated carbocycles. The normalized spacial score (nSPS) is 20.1. The van der Waals surface area contributed by atoms with Gasteiger partial charge >= 0.3 is 0 Å². The molecule has 4 rings (SSSR count). The molecule has 1 aromatic rings. The van der Waals surface area contributed by atoms with E-state index in [1.165, 1.54) is 18.4 Å². The van der Waals surface area contributed by atoms with Crippen molar-refractivity contribution in [3.05, 3.63) is 35.4 Å². The van der Waals surface area contributed by atoms with E-state index < -0.39 is 0 Å². The fourth-order valence-electron chi connectivity index (χ4n) is 3.49. The second kappa shape index (κ2) is 7.16. The van der Waals surface area contributed by atoms with E-state index in [-0.39, 0.29) is 11.8 Å². The number of benzene rings is 1. The summed E-state index contributed by atoms with van der Waals surface area (Å²) in [6.07, 6.45) is 6.86. The first-order chi connectivity index (χ1) is 12.2. The molecule has 1 aromatic carbocycles. The minimum absolute atomic E-state index is 0.0253. The third-order valence-corrected chi connectivity index (χ3v) is 5.37. The molecule has 1 heterocycles. The zero-order chi connectivity index (χ0) is 17.2. The first-order valence-corrected chi connectivity index (χ1v) is 9.61. The van der Waals surface area contributed by atoms with Gasteiger partial charge < -0.3 is 10.2 Å². The summed E-state index contributed by atoms with van der Waals surface area (Å²) in [6, 6.07) is 8.79. The van der Waals surface area contributed by atoms with Gasteiger partial charge in [0.2, 0.25) is 5.91 Å². The highest BCUT2D eigenvalue weighted by Gasteiger charge is 2.32. The van der Waals surface area contributed by atoms with Crippen LogP contribution in [-0.4, -0.2) is 53.3 Å². The lowest BCUT2D eigenvalue weighted by Gasteiger charge is -2.24. The average molecular weight is 341 g/mol. The van der Waals surface area contributed by atoms with E-state index in [9.17, 15) is 9.59 Å². The Hall–Kier alpha value is -1.88. The smallest absolute Gasteiger partial charge is 0.251 e. The predicted molar refractivity (Wildman–Crippen MR) is 96.2 cm³/mol. The molecule has 0 radical (unpaired) electrons. The fourth-order valence-corrected chi connectivity index (χ4v) is 3.49. The van der Waals surface area contributed by atoms with Gasteiger partial charge in [-0.05, 0) is 56.2 Å². The highest BCUT2D eigenvalue weighted by molar-refractivity contribution is 5.94. The number of amides is 2. The number of carbonyl (C=O) groups is 2. The lowest BCUT2D eigenvalue weighted by Crippen LogP contribution is -2.39. The monoisotopic (exact) mass is 341 g/mol. The molecule has 1 saturated heterocycles. The molecule has 1 N–H and O–H groups in total. The molecule has 0 spiro atoms. The second-order valence-corrected chi connectivity index (χ2v) is 7.67. The van der Waals surface area contributed by atoms with Gasteiger partial charge in [-0.15, -0.1) is 0 Å². The highest BCUT2D eigenvalue weighted by atomic mass is 16.2. The Morgan fingerprint density at radius 3 is 2.32 bits per heavy atom. The summed E-state index contributed by atoms with van der Waals surface area (Å²) in [6.45, 7) is 3.15. The van der Waals surface area contributed by atoms with Crippen LogP contribution in [0.4, 0.5) is 0 Å². The molecule has 5 heteroatoms. The van der Waals surface area contributed by atoms with Gasteiger partial charge in [-0.3, -0.25) is 14.5 Å². The van der Waals surface area contributed by atoms with Gasteiger partial charge in [-0.2, -0.15) is 0 Å². The molecule has 3 fully saturated rings. The van der Waals surface area contributed by atoms with Crippen molar-refractivity contribution in [2.45, 2.75) is 57.2 Å². The highest BCUT2D eigenvalue weighted by Crippen LogP contribution is 2.28. The van der Waals surface area contributed by atoms with Crippen molar-refractivity contribution in [1.82, 2.24) is 15.1 Å². The van der Waals surface area contributed by atoms with Crippen LogP contribution in [-0.2, 0) is 11.3 Å². The van der Waals surface area contributed by atoms with E-state index in [0.717, 1.165) is 50.9 Å². The third-order valence-electron chi connectivity index (χ3n) is 5.37. The average Bonchev–Trinajstić information content (AvgIpc) is 3.55. The number of rotatable bonds is 7. The zero-order valence-electron chi connectivity index (χ0n) is 14.7. The van der Waals surface area contributed by atoms with E-state index in [1.807, 2.05) is 29.2 Å². The topological polar surface area (TPSA) is 52.7 Å². The van der Waals surface area contributed by atoms with Crippen LogP contribution < -0.4 is 5.32 Å². The van der Waals surface area contributed by atoms with E-state index in [4.69, 9.17) is 0 Å². The lowest BCUT2D eigenvalue weighted by molar-refractivity contribution is -0.131. The van der Waals surface area contributed by atoms with Gasteiger partial charge in [0.25, 0.3) is 5.91 Å². The minimum Gasteiger partial charge on any atom is -0.349 e. The molecule has 134 valence electrons. The quantitative estimate of drug-likeness (QED) is 0.827. The number of hydrogen-bond donors (Lipinski definition) is 1. The Balaban J connectivity index is 1.34. The summed E-state index contributed by atoms with van der Waals surface area (Å²) in [4.78, 5) is 28.8. The van der Waals surface area contributed by atoms with Gasteiger partial charge in [-0.25, -0.2) is 0 Å². The zero-order valence-corrected chi connectivity index (χ0v) is 14.7. The van der Waals surface area contributed by atoms with Crippen molar-refractivity contribution >= 4 is 11.8 Å². The SMILES string of the molecule is O=C(NC1CC1)c1ccc(CN(CC(=O)N2CCCC2)C2CC2)cc1. The van der Waals surface area contributed by atoms with Gasteiger partial charge in [-0.1, -0.05) is 12.1 Å². The molecule has 5 nitrogen and oxygen atoms in total. The number of nitrogens with zero attached hydrogens (tertiary/aromatic N) is 2. The van der Waals surface area contributed by atoms with Crippen LogP contribution in [0, 0.1) is 0 Å². The van der Waals surface area contributed by atoms with Crippen molar-refractivity contribution < 1.29 is 9.59 Å². The van der Waals surface area contributed by atoms with Crippen LogP contribution >= 0.6 is 0 Å². The van der Waals surface area contributed by atoms with Gasteiger partial charge in [0.05, 0.1) is 6.54 Å². The number of nitrogens with one attached hydrogen (secondary N) is 1. The maximum atomic E-state index is 12.5. The number of carbonyl (C=O) groups excluding carboxylic acids is 2. The van der Waals surface area contributed by atoms with Crippen molar-refractivity contribution in [1.29, 1.82) is 0 Å². The van der Waals surface area contributed by atoms with Crippen molar-refractivity contribution in [3.63, 3.8) is 0 Å². The number of likely N-dealkylation sites (tertiary alicyclic amines) is 1. The summed E-state index contributed by atoms with van der Waals surface area (Å²) < 4.78 is 0. The van der Waals surface area contributed by atoms with E-state index in [0.29, 0.717) is 18.6 Å². The molecule has 1 aliphatic heterocycles. The summed E-state index contributed by atoms with van der Waals surface area (Å²) in [5.41, 5.74) is 1.89. The van der Waals surface area contributed by atoms with Crippen LogP contribution in [0.15, 0.2) is 24.3 Å². The van der Waals surface area contributed by atoms with Gasteiger partial charge in [0, 0.05) is 37.3 Å². The van der Waals surface area contributed by atoms with E-state index in [1.54, 1.807) is 0 Å². The molecule has 0 aromatic heterocycles. The first kappa shape index (κ1) is 16.6. The third kappa shape index (κ3) is 4.40. The molecule has 25 heavy (non-hydrogen) atoms. The molecule has 0 bridgehead atoms. The van der Waals surface area contributed by atoms with Crippen molar-refractivity contribution in [3.8, 4) is 0 Å². The summed E-state index contributed by atoms with van der Waals surface area (Å²) >= 11 is 0. The molecule has 0 unspecified atom stereocenters. The molecule has 3 aliphatic rings.